The highest BCUT2D eigenvalue weighted by Crippen LogP contribution is 2.23. The summed E-state index contributed by atoms with van der Waals surface area (Å²) in [5, 5.41) is 3.36. The molecule has 1 heterocycles. The molecule has 21 heavy (non-hydrogen) atoms. The fourth-order valence-electron chi connectivity index (χ4n) is 1.95. The number of nitrogens with zero attached hydrogens (tertiary/aromatic N) is 1. The maximum absolute atomic E-state index is 5.70. The molecule has 1 aromatic carbocycles. The second kappa shape index (κ2) is 7.53. The Balaban J connectivity index is 2.04. The van der Waals surface area contributed by atoms with Gasteiger partial charge < -0.3 is 14.8 Å². The summed E-state index contributed by atoms with van der Waals surface area (Å²) in [5.74, 6) is 1.52. The Bertz CT molecular complexity index is 570. The first-order valence-electron chi connectivity index (χ1n) is 7.26. The van der Waals surface area contributed by atoms with Gasteiger partial charge in [0.15, 0.2) is 0 Å². The monoisotopic (exact) mass is 286 g/mol. The average molecular weight is 286 g/mol. The van der Waals surface area contributed by atoms with Crippen LogP contribution in [0.5, 0.6) is 11.6 Å². The maximum atomic E-state index is 5.70. The largest absolute Gasteiger partial charge is 0.494 e. The Morgan fingerprint density at radius 3 is 2.81 bits per heavy atom. The van der Waals surface area contributed by atoms with Crippen LogP contribution >= 0.6 is 0 Å². The molecule has 1 aromatic heterocycles. The predicted molar refractivity (Wildman–Crippen MR) is 84.9 cm³/mol. The maximum Gasteiger partial charge on any atom is 0.237 e. The molecule has 112 valence electrons. The minimum absolute atomic E-state index is 0.0988. The third kappa shape index (κ3) is 4.67. The van der Waals surface area contributed by atoms with E-state index in [0.29, 0.717) is 19.0 Å². The summed E-state index contributed by atoms with van der Waals surface area (Å²) in [6, 6.07) is 11.9. The van der Waals surface area contributed by atoms with Crippen LogP contribution in [0.4, 0.5) is 5.69 Å². The quantitative estimate of drug-likeness (QED) is 0.839. The highest BCUT2D eigenvalue weighted by molar-refractivity contribution is 5.52. The SMILES string of the molecule is CCOc1cccc(CNc2cccnc2OC(C)C)c1. The van der Waals surface area contributed by atoms with Gasteiger partial charge >= 0.3 is 0 Å². The van der Waals surface area contributed by atoms with Gasteiger partial charge in [0.1, 0.15) is 5.75 Å². The van der Waals surface area contributed by atoms with Crippen molar-refractivity contribution in [3.8, 4) is 11.6 Å². The number of ether oxygens (including phenoxy) is 2. The van der Waals surface area contributed by atoms with E-state index in [1.165, 1.54) is 0 Å². The lowest BCUT2D eigenvalue weighted by Gasteiger charge is -2.14. The van der Waals surface area contributed by atoms with Gasteiger partial charge in [-0.25, -0.2) is 4.98 Å². The summed E-state index contributed by atoms with van der Waals surface area (Å²) >= 11 is 0. The first-order chi connectivity index (χ1) is 10.2. The number of rotatable bonds is 7. The Labute approximate surface area is 126 Å². The van der Waals surface area contributed by atoms with Gasteiger partial charge in [-0.05, 0) is 50.6 Å². The van der Waals surface area contributed by atoms with Crippen LogP contribution in [-0.2, 0) is 6.54 Å². The van der Waals surface area contributed by atoms with Gasteiger partial charge in [-0.1, -0.05) is 12.1 Å². The molecule has 0 fully saturated rings. The van der Waals surface area contributed by atoms with Crippen LogP contribution in [0.1, 0.15) is 26.3 Å². The van der Waals surface area contributed by atoms with E-state index >= 15 is 0 Å². The highest BCUT2D eigenvalue weighted by Gasteiger charge is 2.06. The molecule has 0 aliphatic heterocycles. The molecule has 0 aliphatic carbocycles. The van der Waals surface area contributed by atoms with Crippen LogP contribution in [0.2, 0.25) is 0 Å². The van der Waals surface area contributed by atoms with E-state index in [4.69, 9.17) is 9.47 Å². The Morgan fingerprint density at radius 1 is 1.19 bits per heavy atom. The van der Waals surface area contributed by atoms with Gasteiger partial charge in [-0.3, -0.25) is 0 Å². The van der Waals surface area contributed by atoms with E-state index in [2.05, 4.69) is 16.4 Å². The molecule has 0 saturated heterocycles. The number of hydrogen-bond acceptors (Lipinski definition) is 4. The van der Waals surface area contributed by atoms with E-state index < -0.39 is 0 Å². The number of benzene rings is 1. The molecular formula is C17H22N2O2. The normalized spacial score (nSPS) is 10.5. The third-order valence-electron chi connectivity index (χ3n) is 2.81. The zero-order valence-electron chi connectivity index (χ0n) is 12.8. The number of nitrogens with one attached hydrogen (secondary N) is 1. The van der Waals surface area contributed by atoms with Crippen molar-refractivity contribution in [2.75, 3.05) is 11.9 Å². The van der Waals surface area contributed by atoms with Gasteiger partial charge in [0, 0.05) is 12.7 Å². The van der Waals surface area contributed by atoms with Crippen molar-refractivity contribution in [2.45, 2.75) is 33.4 Å². The second-order valence-corrected chi connectivity index (χ2v) is 4.96. The third-order valence-corrected chi connectivity index (χ3v) is 2.81. The molecule has 0 saturated carbocycles. The molecule has 0 radical (unpaired) electrons. The molecule has 0 atom stereocenters. The lowest BCUT2D eigenvalue weighted by atomic mass is 10.2. The summed E-state index contributed by atoms with van der Waals surface area (Å²) < 4.78 is 11.2. The van der Waals surface area contributed by atoms with Crippen molar-refractivity contribution in [1.29, 1.82) is 0 Å². The average Bonchev–Trinajstić information content (AvgIpc) is 2.47. The molecule has 0 spiro atoms. The van der Waals surface area contributed by atoms with Crippen molar-refractivity contribution in [3.63, 3.8) is 0 Å². The molecule has 4 heteroatoms. The molecule has 1 N–H and O–H groups in total. The van der Waals surface area contributed by atoms with Crippen molar-refractivity contribution in [3.05, 3.63) is 48.2 Å². The summed E-state index contributed by atoms with van der Waals surface area (Å²) in [6.07, 6.45) is 1.83. The molecule has 2 rings (SSSR count). The molecule has 4 nitrogen and oxygen atoms in total. The number of hydrogen-bond donors (Lipinski definition) is 1. The molecule has 0 amide bonds. The lowest BCUT2D eigenvalue weighted by Crippen LogP contribution is -2.10. The molecule has 0 unspecified atom stereocenters. The summed E-state index contributed by atoms with van der Waals surface area (Å²) in [4.78, 5) is 4.27. The van der Waals surface area contributed by atoms with E-state index in [0.717, 1.165) is 17.0 Å². The first kappa shape index (κ1) is 15.2. The Morgan fingerprint density at radius 2 is 2.05 bits per heavy atom. The van der Waals surface area contributed by atoms with Crippen LogP contribution in [0.15, 0.2) is 42.6 Å². The lowest BCUT2D eigenvalue weighted by molar-refractivity contribution is 0.234. The Kier molecular flexibility index (Phi) is 5.43. The standard InChI is InChI=1S/C17H22N2O2/c1-4-20-15-8-5-7-14(11-15)12-19-16-9-6-10-18-17(16)21-13(2)3/h5-11,13,19H,4,12H2,1-3H3. The minimum atomic E-state index is 0.0988. The van der Waals surface area contributed by atoms with E-state index in [1.54, 1.807) is 6.20 Å². The van der Waals surface area contributed by atoms with Crippen LogP contribution in [0, 0.1) is 0 Å². The van der Waals surface area contributed by atoms with Gasteiger partial charge in [-0.15, -0.1) is 0 Å². The fourth-order valence-corrected chi connectivity index (χ4v) is 1.95. The van der Waals surface area contributed by atoms with Crippen molar-refractivity contribution >= 4 is 5.69 Å². The number of anilines is 1. The van der Waals surface area contributed by atoms with Gasteiger partial charge in [-0.2, -0.15) is 0 Å². The van der Waals surface area contributed by atoms with Gasteiger partial charge in [0.05, 0.1) is 18.4 Å². The molecule has 0 bridgehead atoms. The van der Waals surface area contributed by atoms with Crippen molar-refractivity contribution < 1.29 is 9.47 Å². The first-order valence-corrected chi connectivity index (χ1v) is 7.26. The fraction of sp³-hybridized carbons (Fsp3) is 0.353. The minimum Gasteiger partial charge on any atom is -0.494 e. The van der Waals surface area contributed by atoms with Crippen molar-refractivity contribution in [2.24, 2.45) is 0 Å². The summed E-state index contributed by atoms with van der Waals surface area (Å²) in [7, 11) is 0. The topological polar surface area (TPSA) is 43.4 Å². The molecule has 0 aliphatic rings. The predicted octanol–water partition coefficient (Wildman–Crippen LogP) is 3.88. The summed E-state index contributed by atoms with van der Waals surface area (Å²) in [6.45, 7) is 7.33. The van der Waals surface area contributed by atoms with Gasteiger partial charge in [0.25, 0.3) is 0 Å². The van der Waals surface area contributed by atoms with Crippen LogP contribution in [0.3, 0.4) is 0 Å². The van der Waals surface area contributed by atoms with E-state index in [1.807, 2.05) is 51.1 Å². The van der Waals surface area contributed by atoms with E-state index in [-0.39, 0.29) is 6.10 Å². The zero-order chi connectivity index (χ0) is 15.1. The van der Waals surface area contributed by atoms with Gasteiger partial charge in [0.2, 0.25) is 5.88 Å². The Hall–Kier alpha value is -2.23. The van der Waals surface area contributed by atoms with Crippen LogP contribution in [0.25, 0.3) is 0 Å². The second-order valence-electron chi connectivity index (χ2n) is 4.96. The van der Waals surface area contributed by atoms with Crippen molar-refractivity contribution in [1.82, 2.24) is 4.98 Å². The number of pyridine rings is 1. The summed E-state index contributed by atoms with van der Waals surface area (Å²) in [5.41, 5.74) is 2.05. The highest BCUT2D eigenvalue weighted by atomic mass is 16.5. The van der Waals surface area contributed by atoms with Crippen LogP contribution in [-0.4, -0.2) is 17.7 Å². The van der Waals surface area contributed by atoms with E-state index in [9.17, 15) is 0 Å². The zero-order valence-corrected chi connectivity index (χ0v) is 12.8. The smallest absolute Gasteiger partial charge is 0.237 e. The van der Waals surface area contributed by atoms with Crippen LogP contribution < -0.4 is 14.8 Å². The molecular weight excluding hydrogens is 264 g/mol. The number of aromatic nitrogens is 1. The molecule has 2 aromatic rings.